The van der Waals surface area contributed by atoms with E-state index < -0.39 is 48.9 Å². The van der Waals surface area contributed by atoms with Gasteiger partial charge in [-0.2, -0.15) is 0 Å². The van der Waals surface area contributed by atoms with Gasteiger partial charge in [-0.15, -0.1) is 0 Å². The molecule has 146 valence electrons. The van der Waals surface area contributed by atoms with E-state index in [9.17, 15) is 9.59 Å². The summed E-state index contributed by atoms with van der Waals surface area (Å²) < 4.78 is 32.6. The molecule has 2 rings (SSSR count). The number of carbonyl (C=O) groups excluding carboxylic acids is 2. The minimum Gasteiger partial charge on any atom is -0.456 e. The summed E-state index contributed by atoms with van der Waals surface area (Å²) in [6.07, 6.45) is 5.10. The molecule has 2 aliphatic heterocycles. The lowest BCUT2D eigenvalue weighted by Crippen LogP contribution is -2.42. The van der Waals surface area contributed by atoms with Crippen molar-refractivity contribution in [1.29, 1.82) is 0 Å². The van der Waals surface area contributed by atoms with Gasteiger partial charge in [0.1, 0.15) is 24.4 Å². The smallest absolute Gasteiger partial charge is 0.303 e. The van der Waals surface area contributed by atoms with Crippen LogP contribution in [-0.4, -0.2) is 63.2 Å². The molecular formula is C18H26O8. The zero-order chi connectivity index (χ0) is 19.1. The van der Waals surface area contributed by atoms with Crippen LogP contribution in [0, 0.1) is 0 Å². The van der Waals surface area contributed by atoms with Crippen LogP contribution in [0.5, 0.6) is 0 Å². The largest absolute Gasteiger partial charge is 0.456 e. The van der Waals surface area contributed by atoms with Crippen molar-refractivity contribution in [1.82, 2.24) is 0 Å². The molecule has 8 nitrogen and oxygen atoms in total. The van der Waals surface area contributed by atoms with E-state index in [1.807, 2.05) is 0 Å². The molecule has 8 heteroatoms. The second kappa shape index (κ2) is 9.82. The zero-order valence-corrected chi connectivity index (χ0v) is 15.5. The molecule has 0 saturated carbocycles. The Kier molecular flexibility index (Phi) is 7.77. The fourth-order valence-electron chi connectivity index (χ4n) is 2.91. The lowest BCUT2D eigenvalue weighted by molar-refractivity contribution is -0.191. The fourth-order valence-corrected chi connectivity index (χ4v) is 2.91. The van der Waals surface area contributed by atoms with Crippen LogP contribution < -0.4 is 0 Å². The molecule has 0 N–H and O–H groups in total. The van der Waals surface area contributed by atoms with Crippen molar-refractivity contribution in [2.45, 2.75) is 63.7 Å². The van der Waals surface area contributed by atoms with Gasteiger partial charge in [-0.1, -0.05) is 0 Å². The maximum Gasteiger partial charge on any atom is 0.303 e. The molecule has 2 aliphatic rings. The van der Waals surface area contributed by atoms with E-state index in [2.05, 4.69) is 0 Å². The van der Waals surface area contributed by atoms with Crippen molar-refractivity contribution < 1.29 is 38.0 Å². The maximum absolute atomic E-state index is 11.3. The number of hydrogen-bond acceptors (Lipinski definition) is 8. The van der Waals surface area contributed by atoms with Crippen molar-refractivity contribution in [3.05, 3.63) is 24.3 Å². The molecule has 0 bridgehead atoms. The van der Waals surface area contributed by atoms with Gasteiger partial charge >= 0.3 is 11.9 Å². The monoisotopic (exact) mass is 370 g/mol. The fraction of sp³-hybridized carbons (Fsp3) is 0.667. The van der Waals surface area contributed by atoms with E-state index in [4.69, 9.17) is 28.4 Å². The standard InChI is InChI=1S/C18H26O8/c1-11(19)23-13-7-9-17(21-3)25-15(13)5-6-16-14(24-12(2)20)8-10-18(22-4)26-16/h7-10,13-18H,5-6H2,1-4H3/t13-,14+,15+,16-,17-,18+. The van der Waals surface area contributed by atoms with Crippen LogP contribution in [-0.2, 0) is 38.0 Å². The van der Waals surface area contributed by atoms with Crippen LogP contribution in [0.4, 0.5) is 0 Å². The Morgan fingerprint density at radius 1 is 0.769 bits per heavy atom. The van der Waals surface area contributed by atoms with E-state index in [0.29, 0.717) is 12.8 Å². The van der Waals surface area contributed by atoms with Gasteiger partial charge in [-0.25, -0.2) is 0 Å². The van der Waals surface area contributed by atoms with Crippen molar-refractivity contribution in [2.24, 2.45) is 0 Å². The average molecular weight is 370 g/mol. The quantitative estimate of drug-likeness (QED) is 0.492. The Morgan fingerprint density at radius 2 is 1.15 bits per heavy atom. The van der Waals surface area contributed by atoms with E-state index in [-0.39, 0.29) is 0 Å². The van der Waals surface area contributed by atoms with Crippen molar-refractivity contribution in [2.75, 3.05) is 14.2 Å². The summed E-state index contributed by atoms with van der Waals surface area (Å²) in [4.78, 5) is 22.6. The molecule has 0 spiro atoms. The summed E-state index contributed by atoms with van der Waals surface area (Å²) in [5, 5.41) is 0. The second-order valence-electron chi connectivity index (χ2n) is 6.05. The van der Waals surface area contributed by atoms with Crippen LogP contribution in [0.25, 0.3) is 0 Å². The molecule has 6 atom stereocenters. The summed E-state index contributed by atoms with van der Waals surface area (Å²) in [7, 11) is 3.07. The third-order valence-electron chi connectivity index (χ3n) is 4.07. The van der Waals surface area contributed by atoms with E-state index >= 15 is 0 Å². The normalized spacial score (nSPS) is 33.7. The van der Waals surface area contributed by atoms with Gasteiger partial charge < -0.3 is 28.4 Å². The van der Waals surface area contributed by atoms with Crippen LogP contribution in [0.3, 0.4) is 0 Å². The van der Waals surface area contributed by atoms with Gasteiger partial charge in [-0.3, -0.25) is 9.59 Å². The third kappa shape index (κ3) is 5.91. The highest BCUT2D eigenvalue weighted by atomic mass is 16.7. The lowest BCUT2D eigenvalue weighted by atomic mass is 9.99. The number of rotatable bonds is 7. The predicted molar refractivity (Wildman–Crippen MR) is 90.0 cm³/mol. The molecule has 2 heterocycles. The number of methoxy groups -OCH3 is 2. The van der Waals surface area contributed by atoms with Crippen molar-refractivity contribution in [3.8, 4) is 0 Å². The zero-order valence-electron chi connectivity index (χ0n) is 15.5. The minimum absolute atomic E-state index is 0.391. The molecule has 0 saturated heterocycles. The van der Waals surface area contributed by atoms with Crippen LogP contribution in [0.2, 0.25) is 0 Å². The molecule has 0 aliphatic carbocycles. The first-order valence-electron chi connectivity index (χ1n) is 8.50. The Bertz CT molecular complexity index is 495. The second-order valence-corrected chi connectivity index (χ2v) is 6.05. The number of carbonyl (C=O) groups is 2. The van der Waals surface area contributed by atoms with Gasteiger partial charge in [0.15, 0.2) is 12.6 Å². The van der Waals surface area contributed by atoms with Crippen LogP contribution in [0.1, 0.15) is 26.7 Å². The Hall–Kier alpha value is -1.74. The van der Waals surface area contributed by atoms with Gasteiger partial charge in [0, 0.05) is 28.1 Å². The molecule has 0 radical (unpaired) electrons. The molecule has 0 unspecified atom stereocenters. The van der Waals surface area contributed by atoms with E-state index in [1.54, 1.807) is 24.3 Å². The molecular weight excluding hydrogens is 344 g/mol. The number of ether oxygens (including phenoxy) is 6. The predicted octanol–water partition coefficient (Wildman–Crippen LogP) is 1.48. The van der Waals surface area contributed by atoms with Gasteiger partial charge in [0.25, 0.3) is 0 Å². The van der Waals surface area contributed by atoms with Gasteiger partial charge in [0.05, 0.1) is 0 Å². The van der Waals surface area contributed by atoms with E-state index in [1.165, 1.54) is 28.1 Å². The summed E-state index contributed by atoms with van der Waals surface area (Å²) in [5.41, 5.74) is 0. The Morgan fingerprint density at radius 3 is 1.46 bits per heavy atom. The summed E-state index contributed by atoms with van der Waals surface area (Å²) in [5.74, 6) is -0.781. The first-order chi connectivity index (χ1) is 12.4. The molecule has 0 aromatic rings. The SMILES string of the molecule is CO[C@H]1C=C[C@@H](OC(C)=O)[C@H](CC[C@H]2O[C@H](OC)C=C[C@@H]2OC(C)=O)O1. The molecule has 0 aromatic heterocycles. The van der Waals surface area contributed by atoms with Crippen LogP contribution >= 0.6 is 0 Å². The van der Waals surface area contributed by atoms with Gasteiger partial charge in [-0.05, 0) is 37.1 Å². The lowest BCUT2D eigenvalue weighted by Gasteiger charge is -2.34. The highest BCUT2D eigenvalue weighted by Crippen LogP contribution is 2.26. The highest BCUT2D eigenvalue weighted by molar-refractivity contribution is 5.66. The van der Waals surface area contributed by atoms with Gasteiger partial charge in [0.2, 0.25) is 0 Å². The summed E-state index contributed by atoms with van der Waals surface area (Å²) in [6.45, 7) is 2.70. The number of hydrogen-bond donors (Lipinski definition) is 0. The molecule has 26 heavy (non-hydrogen) atoms. The Balaban J connectivity index is 2.02. The first kappa shape index (κ1) is 20.6. The Labute approximate surface area is 153 Å². The van der Waals surface area contributed by atoms with E-state index in [0.717, 1.165) is 0 Å². The van der Waals surface area contributed by atoms with Crippen molar-refractivity contribution >= 4 is 11.9 Å². The summed E-state index contributed by atoms with van der Waals surface area (Å²) >= 11 is 0. The maximum atomic E-state index is 11.3. The average Bonchev–Trinajstić information content (AvgIpc) is 2.60. The summed E-state index contributed by atoms with van der Waals surface area (Å²) in [6, 6.07) is 0. The molecule has 0 amide bonds. The van der Waals surface area contributed by atoms with Crippen LogP contribution in [0.15, 0.2) is 24.3 Å². The van der Waals surface area contributed by atoms with Crippen molar-refractivity contribution in [3.63, 3.8) is 0 Å². The minimum atomic E-state index is -0.511. The topological polar surface area (TPSA) is 89.5 Å². The molecule has 0 fully saturated rings. The molecule has 0 aromatic carbocycles. The number of esters is 2. The first-order valence-corrected chi connectivity index (χ1v) is 8.50. The third-order valence-corrected chi connectivity index (χ3v) is 4.07. The highest BCUT2D eigenvalue weighted by Gasteiger charge is 2.34.